The third kappa shape index (κ3) is 1.75. The molecule has 1 saturated carbocycles. The highest BCUT2D eigenvalue weighted by atomic mass is 19.1. The smallest absolute Gasteiger partial charge is 0.128 e. The molecule has 0 radical (unpaired) electrons. The van der Waals surface area contributed by atoms with Crippen molar-refractivity contribution in [1.82, 2.24) is 4.98 Å². The molecule has 1 aliphatic carbocycles. The molecule has 1 N–H and O–H groups in total. The number of nitrogens with one attached hydrogen (secondary N) is 1. The van der Waals surface area contributed by atoms with Crippen LogP contribution in [0.2, 0.25) is 0 Å². The van der Waals surface area contributed by atoms with Crippen molar-refractivity contribution < 1.29 is 4.39 Å². The van der Waals surface area contributed by atoms with Crippen LogP contribution in [0.25, 0.3) is 10.9 Å². The van der Waals surface area contributed by atoms with Crippen molar-refractivity contribution in [3.8, 4) is 0 Å². The molecule has 0 spiro atoms. The van der Waals surface area contributed by atoms with E-state index in [1.807, 2.05) is 13.1 Å². The first-order valence-corrected chi connectivity index (χ1v) is 5.97. The molecule has 1 heterocycles. The summed E-state index contributed by atoms with van der Waals surface area (Å²) >= 11 is 0. The predicted octanol–water partition coefficient (Wildman–Crippen LogP) is 3.60. The van der Waals surface area contributed by atoms with Gasteiger partial charge in [0.15, 0.2) is 0 Å². The third-order valence-corrected chi connectivity index (χ3v) is 3.37. The van der Waals surface area contributed by atoms with Crippen LogP contribution in [0.4, 0.5) is 10.1 Å². The fraction of sp³-hybridized carbons (Fsp3) is 0.357. The molecule has 1 aliphatic rings. The normalized spacial score (nSPS) is 15.2. The monoisotopic (exact) mass is 230 g/mol. The van der Waals surface area contributed by atoms with Crippen LogP contribution in [-0.4, -0.2) is 12.0 Å². The lowest BCUT2D eigenvalue weighted by atomic mass is 10.1. The summed E-state index contributed by atoms with van der Waals surface area (Å²) in [4.78, 5) is 4.57. The van der Waals surface area contributed by atoms with Crippen LogP contribution < -0.4 is 5.32 Å². The van der Waals surface area contributed by atoms with Gasteiger partial charge in [-0.1, -0.05) is 0 Å². The van der Waals surface area contributed by atoms with Gasteiger partial charge >= 0.3 is 0 Å². The summed E-state index contributed by atoms with van der Waals surface area (Å²) in [5.74, 6) is 0.399. The first kappa shape index (κ1) is 10.5. The van der Waals surface area contributed by atoms with Gasteiger partial charge in [0.1, 0.15) is 5.82 Å². The van der Waals surface area contributed by atoms with E-state index in [2.05, 4.69) is 16.4 Å². The number of nitrogens with zero attached hydrogens (tertiary/aromatic N) is 1. The van der Waals surface area contributed by atoms with Crippen LogP contribution in [0.1, 0.15) is 30.0 Å². The van der Waals surface area contributed by atoms with Crippen LogP contribution in [0, 0.1) is 12.7 Å². The number of hydrogen-bond donors (Lipinski definition) is 1. The highest BCUT2D eigenvalue weighted by Crippen LogP contribution is 2.41. The van der Waals surface area contributed by atoms with Crippen molar-refractivity contribution >= 4 is 16.6 Å². The second-order valence-corrected chi connectivity index (χ2v) is 4.74. The van der Waals surface area contributed by atoms with E-state index in [0.29, 0.717) is 11.5 Å². The first-order chi connectivity index (χ1) is 8.19. The standard InChI is InChI=1S/C14H15FN2/c1-8-5-10-13(16-2)7-12(9-3-4-9)17-14(10)6-11(8)15/h5-7,9H,3-4H2,1-2H3,(H,16,17). The van der Waals surface area contributed by atoms with Gasteiger partial charge in [0.2, 0.25) is 0 Å². The minimum Gasteiger partial charge on any atom is -0.388 e. The minimum atomic E-state index is -0.181. The van der Waals surface area contributed by atoms with E-state index in [9.17, 15) is 4.39 Å². The number of benzene rings is 1. The average Bonchev–Trinajstić information content (AvgIpc) is 3.13. The molecule has 1 aromatic carbocycles. The van der Waals surface area contributed by atoms with E-state index in [1.54, 1.807) is 6.92 Å². The van der Waals surface area contributed by atoms with Crippen molar-refractivity contribution in [3.63, 3.8) is 0 Å². The molecule has 0 unspecified atom stereocenters. The third-order valence-electron chi connectivity index (χ3n) is 3.37. The van der Waals surface area contributed by atoms with Gasteiger partial charge in [-0.15, -0.1) is 0 Å². The lowest BCUT2D eigenvalue weighted by Crippen LogP contribution is -1.97. The predicted molar refractivity (Wildman–Crippen MR) is 68.0 cm³/mol. The molecular weight excluding hydrogens is 215 g/mol. The molecule has 88 valence electrons. The highest BCUT2D eigenvalue weighted by Gasteiger charge is 2.26. The van der Waals surface area contributed by atoms with Gasteiger partial charge in [-0.05, 0) is 37.5 Å². The molecule has 0 aliphatic heterocycles. The Hall–Kier alpha value is -1.64. The molecule has 0 saturated heterocycles. The maximum Gasteiger partial charge on any atom is 0.128 e. The Morgan fingerprint density at radius 2 is 2.06 bits per heavy atom. The highest BCUT2D eigenvalue weighted by molar-refractivity contribution is 5.92. The number of aromatic nitrogens is 1. The molecule has 0 bridgehead atoms. The van der Waals surface area contributed by atoms with Crippen LogP contribution in [0.15, 0.2) is 18.2 Å². The van der Waals surface area contributed by atoms with Gasteiger partial charge in [-0.25, -0.2) is 4.39 Å². The molecule has 0 atom stereocenters. The number of fused-ring (bicyclic) bond motifs is 1. The quantitative estimate of drug-likeness (QED) is 0.852. The van der Waals surface area contributed by atoms with Crippen LogP contribution in [-0.2, 0) is 0 Å². The molecular formula is C14H15FN2. The van der Waals surface area contributed by atoms with Gasteiger partial charge in [-0.3, -0.25) is 4.98 Å². The number of anilines is 1. The van der Waals surface area contributed by atoms with Crippen molar-refractivity contribution in [1.29, 1.82) is 0 Å². The summed E-state index contributed by atoms with van der Waals surface area (Å²) in [5, 5.41) is 4.17. The molecule has 2 aromatic rings. The van der Waals surface area contributed by atoms with E-state index in [-0.39, 0.29) is 5.82 Å². The second kappa shape index (κ2) is 3.69. The van der Waals surface area contributed by atoms with E-state index in [0.717, 1.165) is 22.3 Å². The zero-order valence-corrected chi connectivity index (χ0v) is 10.0. The summed E-state index contributed by atoms with van der Waals surface area (Å²) in [7, 11) is 1.89. The maximum absolute atomic E-state index is 13.6. The van der Waals surface area contributed by atoms with Crippen molar-refractivity contribution in [3.05, 3.63) is 35.3 Å². The fourth-order valence-corrected chi connectivity index (χ4v) is 2.17. The summed E-state index contributed by atoms with van der Waals surface area (Å²) in [6, 6.07) is 5.49. The summed E-state index contributed by atoms with van der Waals surface area (Å²) in [5.41, 5.74) is 3.54. The van der Waals surface area contributed by atoms with E-state index in [1.165, 1.54) is 18.9 Å². The SMILES string of the molecule is CNc1cc(C2CC2)nc2cc(F)c(C)cc12. The number of aryl methyl sites for hydroxylation is 1. The Kier molecular flexibility index (Phi) is 2.28. The first-order valence-electron chi connectivity index (χ1n) is 5.97. The summed E-state index contributed by atoms with van der Waals surface area (Å²) < 4.78 is 13.6. The van der Waals surface area contributed by atoms with Crippen molar-refractivity contribution in [2.24, 2.45) is 0 Å². The topological polar surface area (TPSA) is 24.9 Å². The van der Waals surface area contributed by atoms with Gasteiger partial charge in [0.05, 0.1) is 5.52 Å². The van der Waals surface area contributed by atoms with Gasteiger partial charge in [0.25, 0.3) is 0 Å². The average molecular weight is 230 g/mol. The molecule has 1 fully saturated rings. The van der Waals surface area contributed by atoms with Gasteiger partial charge in [-0.2, -0.15) is 0 Å². The maximum atomic E-state index is 13.6. The molecule has 0 amide bonds. The summed E-state index contributed by atoms with van der Waals surface area (Å²) in [6.45, 7) is 1.78. The van der Waals surface area contributed by atoms with Crippen molar-refractivity contribution in [2.45, 2.75) is 25.7 Å². The Labute approximate surface area is 99.9 Å². The number of hydrogen-bond acceptors (Lipinski definition) is 2. The second-order valence-electron chi connectivity index (χ2n) is 4.74. The molecule has 3 heteroatoms. The molecule has 2 nitrogen and oxygen atoms in total. The minimum absolute atomic E-state index is 0.181. The zero-order chi connectivity index (χ0) is 12.0. The van der Waals surface area contributed by atoms with Gasteiger partial charge in [0, 0.05) is 35.8 Å². The lowest BCUT2D eigenvalue weighted by Gasteiger charge is -2.10. The fourth-order valence-electron chi connectivity index (χ4n) is 2.17. The molecule has 1 aromatic heterocycles. The van der Waals surface area contributed by atoms with Crippen molar-refractivity contribution in [2.75, 3.05) is 12.4 Å². The number of rotatable bonds is 2. The lowest BCUT2D eigenvalue weighted by molar-refractivity contribution is 0.620. The van der Waals surface area contributed by atoms with Crippen LogP contribution >= 0.6 is 0 Å². The largest absolute Gasteiger partial charge is 0.388 e. The van der Waals surface area contributed by atoms with E-state index < -0.39 is 0 Å². The zero-order valence-electron chi connectivity index (χ0n) is 10.0. The Balaban J connectivity index is 2.28. The number of halogens is 1. The molecule has 17 heavy (non-hydrogen) atoms. The Morgan fingerprint density at radius 1 is 1.29 bits per heavy atom. The number of pyridine rings is 1. The van der Waals surface area contributed by atoms with E-state index >= 15 is 0 Å². The Morgan fingerprint density at radius 3 is 2.71 bits per heavy atom. The van der Waals surface area contributed by atoms with Crippen LogP contribution in [0.5, 0.6) is 0 Å². The molecule has 3 rings (SSSR count). The van der Waals surface area contributed by atoms with E-state index in [4.69, 9.17) is 0 Å². The van der Waals surface area contributed by atoms with Gasteiger partial charge < -0.3 is 5.32 Å². The Bertz CT molecular complexity index is 588. The summed E-state index contributed by atoms with van der Waals surface area (Å²) in [6.07, 6.45) is 2.41. The van der Waals surface area contributed by atoms with Crippen LogP contribution in [0.3, 0.4) is 0 Å².